The van der Waals surface area contributed by atoms with E-state index in [0.29, 0.717) is 17.3 Å². The van der Waals surface area contributed by atoms with Gasteiger partial charge in [-0.25, -0.2) is 0 Å². The van der Waals surface area contributed by atoms with Crippen molar-refractivity contribution in [2.45, 2.75) is 47.1 Å². The van der Waals surface area contributed by atoms with Gasteiger partial charge in [-0.3, -0.25) is 9.59 Å². The molecule has 0 spiro atoms. The molecule has 1 aromatic heterocycles. The van der Waals surface area contributed by atoms with E-state index in [1.165, 1.54) is 11.3 Å². The van der Waals surface area contributed by atoms with E-state index >= 15 is 0 Å². The van der Waals surface area contributed by atoms with Gasteiger partial charge in [0.1, 0.15) is 0 Å². The molecule has 1 aromatic rings. The smallest absolute Gasteiger partial charge is 0.264 e. The Labute approximate surface area is 154 Å². The first-order chi connectivity index (χ1) is 10.6. The first kappa shape index (κ1) is 20.9. The molecule has 24 heavy (non-hydrogen) atoms. The molecule has 0 aliphatic carbocycles. The summed E-state index contributed by atoms with van der Waals surface area (Å²) in [6.07, 6.45) is 0.959. The highest BCUT2D eigenvalue weighted by Gasteiger charge is 2.33. The highest BCUT2D eigenvalue weighted by atomic mass is 35.5. The quantitative estimate of drug-likeness (QED) is 0.853. The lowest BCUT2D eigenvalue weighted by molar-refractivity contribution is -0.123. The van der Waals surface area contributed by atoms with Crippen LogP contribution in [0.5, 0.6) is 0 Å². The fraction of sp³-hybridized carbons (Fsp3) is 0.647. The summed E-state index contributed by atoms with van der Waals surface area (Å²) in [5, 5.41) is 3.64. The standard InChI is InChI=1S/C17H27N3O2S.ClH/c1-10-6-13(19-16(22)17(3,4)5)23-14(10)15(21)20-9-12(8-18)7-11(20)2;/h6,11-12H,7-9,18H2,1-5H3,(H,19,22);1H. The molecule has 1 fully saturated rings. The van der Waals surface area contributed by atoms with Gasteiger partial charge in [-0.15, -0.1) is 23.7 Å². The predicted octanol–water partition coefficient (Wildman–Crippen LogP) is 3.27. The minimum absolute atomic E-state index is 0. The van der Waals surface area contributed by atoms with Crippen LogP contribution in [0.2, 0.25) is 0 Å². The van der Waals surface area contributed by atoms with Crippen molar-refractivity contribution in [1.82, 2.24) is 4.90 Å². The molecule has 136 valence electrons. The van der Waals surface area contributed by atoms with Crippen molar-refractivity contribution in [2.75, 3.05) is 18.4 Å². The average molecular weight is 374 g/mol. The summed E-state index contributed by atoms with van der Waals surface area (Å²) < 4.78 is 0. The molecule has 1 aliphatic rings. The highest BCUT2D eigenvalue weighted by molar-refractivity contribution is 7.18. The lowest BCUT2D eigenvalue weighted by Crippen LogP contribution is -2.34. The van der Waals surface area contributed by atoms with Crippen LogP contribution in [-0.4, -0.2) is 35.8 Å². The summed E-state index contributed by atoms with van der Waals surface area (Å²) in [5.74, 6) is 0.386. The number of nitrogens with two attached hydrogens (primary N) is 1. The number of aryl methyl sites for hydroxylation is 1. The van der Waals surface area contributed by atoms with E-state index < -0.39 is 5.41 Å². The molecule has 0 saturated carbocycles. The van der Waals surface area contributed by atoms with Crippen molar-refractivity contribution < 1.29 is 9.59 Å². The van der Waals surface area contributed by atoms with Gasteiger partial charge in [-0.2, -0.15) is 0 Å². The van der Waals surface area contributed by atoms with Crippen molar-refractivity contribution in [3.8, 4) is 0 Å². The summed E-state index contributed by atoms with van der Waals surface area (Å²) in [5.41, 5.74) is 6.20. The number of hydrogen-bond acceptors (Lipinski definition) is 4. The molecule has 1 saturated heterocycles. The summed E-state index contributed by atoms with van der Waals surface area (Å²) in [4.78, 5) is 27.5. The van der Waals surface area contributed by atoms with Crippen molar-refractivity contribution in [2.24, 2.45) is 17.1 Å². The fourth-order valence-corrected chi connectivity index (χ4v) is 3.81. The number of carbonyl (C=O) groups excluding carboxylic acids is 2. The van der Waals surface area contributed by atoms with Crippen LogP contribution < -0.4 is 11.1 Å². The third kappa shape index (κ3) is 4.49. The van der Waals surface area contributed by atoms with Gasteiger partial charge < -0.3 is 16.0 Å². The van der Waals surface area contributed by atoms with Crippen molar-refractivity contribution in [3.63, 3.8) is 0 Å². The molecule has 7 heteroatoms. The summed E-state index contributed by atoms with van der Waals surface area (Å²) >= 11 is 1.36. The molecule has 2 amide bonds. The second kappa shape index (κ2) is 7.85. The van der Waals surface area contributed by atoms with Gasteiger partial charge in [0.25, 0.3) is 5.91 Å². The van der Waals surface area contributed by atoms with Gasteiger partial charge >= 0.3 is 0 Å². The van der Waals surface area contributed by atoms with Crippen molar-refractivity contribution >= 4 is 40.6 Å². The Bertz CT molecular complexity index is 609. The number of likely N-dealkylation sites (tertiary alicyclic amines) is 1. The van der Waals surface area contributed by atoms with E-state index in [4.69, 9.17) is 5.73 Å². The molecule has 2 heterocycles. The van der Waals surface area contributed by atoms with Gasteiger partial charge in [0.05, 0.1) is 9.88 Å². The van der Waals surface area contributed by atoms with Crippen LogP contribution in [-0.2, 0) is 4.79 Å². The van der Waals surface area contributed by atoms with Gasteiger partial charge in [0.2, 0.25) is 5.91 Å². The Kier molecular flexibility index (Phi) is 6.84. The Hall–Kier alpha value is -1.11. The Morgan fingerprint density at radius 1 is 1.42 bits per heavy atom. The number of carbonyl (C=O) groups is 2. The molecule has 0 aromatic carbocycles. The molecule has 2 atom stereocenters. The largest absolute Gasteiger partial charge is 0.335 e. The zero-order valence-corrected chi connectivity index (χ0v) is 16.6. The van der Waals surface area contributed by atoms with E-state index in [-0.39, 0.29) is 30.3 Å². The van der Waals surface area contributed by atoms with Gasteiger partial charge in [-0.05, 0) is 44.4 Å². The molecule has 2 rings (SSSR count). The third-order valence-corrected chi connectivity index (χ3v) is 5.43. The molecule has 1 aliphatic heterocycles. The second-order valence-corrected chi connectivity index (χ2v) is 8.52. The van der Waals surface area contributed by atoms with Gasteiger partial charge in [0, 0.05) is 18.0 Å². The minimum Gasteiger partial charge on any atom is -0.335 e. The SMILES string of the molecule is Cc1cc(NC(=O)C(C)(C)C)sc1C(=O)N1CC(CN)CC1C.Cl. The molecule has 0 bridgehead atoms. The van der Waals surface area contributed by atoms with Crippen LogP contribution >= 0.6 is 23.7 Å². The number of anilines is 1. The van der Waals surface area contributed by atoms with Crippen LogP contribution in [0.1, 0.15) is 49.4 Å². The first-order valence-electron chi connectivity index (χ1n) is 8.06. The maximum absolute atomic E-state index is 12.8. The minimum atomic E-state index is -0.458. The number of hydrogen-bond donors (Lipinski definition) is 2. The normalized spacial score (nSPS) is 20.7. The summed E-state index contributed by atoms with van der Waals surface area (Å²) in [6, 6.07) is 2.09. The number of nitrogens with one attached hydrogen (secondary N) is 1. The predicted molar refractivity (Wildman–Crippen MR) is 102 cm³/mol. The molecule has 2 unspecified atom stereocenters. The van der Waals surface area contributed by atoms with E-state index in [1.54, 1.807) is 0 Å². The lowest BCUT2D eigenvalue weighted by Gasteiger charge is -2.21. The molecule has 3 N–H and O–H groups in total. The number of nitrogens with zero attached hydrogens (tertiary/aromatic N) is 1. The Balaban J connectivity index is 0.00000288. The summed E-state index contributed by atoms with van der Waals surface area (Å²) in [7, 11) is 0. The van der Waals surface area contributed by atoms with E-state index in [1.807, 2.05) is 38.7 Å². The summed E-state index contributed by atoms with van der Waals surface area (Å²) in [6.45, 7) is 10.9. The number of halogens is 1. The van der Waals surface area contributed by atoms with E-state index in [0.717, 1.165) is 23.5 Å². The highest BCUT2D eigenvalue weighted by Crippen LogP contribution is 2.32. The Morgan fingerprint density at radius 3 is 2.54 bits per heavy atom. The Morgan fingerprint density at radius 2 is 2.04 bits per heavy atom. The zero-order chi connectivity index (χ0) is 17.4. The van der Waals surface area contributed by atoms with Crippen LogP contribution in [0.3, 0.4) is 0 Å². The monoisotopic (exact) mass is 373 g/mol. The van der Waals surface area contributed by atoms with Crippen LogP contribution in [0.25, 0.3) is 0 Å². The number of amides is 2. The van der Waals surface area contributed by atoms with Gasteiger partial charge in [0.15, 0.2) is 0 Å². The average Bonchev–Trinajstić information content (AvgIpc) is 3.00. The van der Waals surface area contributed by atoms with E-state index in [9.17, 15) is 9.59 Å². The first-order valence-corrected chi connectivity index (χ1v) is 8.88. The van der Waals surface area contributed by atoms with E-state index in [2.05, 4.69) is 12.2 Å². The lowest BCUT2D eigenvalue weighted by atomic mass is 9.96. The van der Waals surface area contributed by atoms with Gasteiger partial charge in [-0.1, -0.05) is 20.8 Å². The molecule has 5 nitrogen and oxygen atoms in total. The molecule has 0 radical (unpaired) electrons. The maximum Gasteiger partial charge on any atom is 0.264 e. The topological polar surface area (TPSA) is 75.4 Å². The van der Waals surface area contributed by atoms with Crippen molar-refractivity contribution in [1.29, 1.82) is 0 Å². The maximum atomic E-state index is 12.8. The number of thiophene rings is 1. The van der Waals surface area contributed by atoms with Crippen molar-refractivity contribution in [3.05, 3.63) is 16.5 Å². The second-order valence-electron chi connectivity index (χ2n) is 7.47. The molecular weight excluding hydrogens is 346 g/mol. The number of rotatable bonds is 3. The van der Waals surface area contributed by atoms with Crippen LogP contribution in [0, 0.1) is 18.3 Å². The van der Waals surface area contributed by atoms with Crippen LogP contribution in [0.4, 0.5) is 5.00 Å². The van der Waals surface area contributed by atoms with Crippen LogP contribution in [0.15, 0.2) is 6.07 Å². The third-order valence-electron chi connectivity index (χ3n) is 4.29. The molecular formula is C17H28ClN3O2S. The fourth-order valence-electron chi connectivity index (χ4n) is 2.78. The zero-order valence-electron chi connectivity index (χ0n) is 15.0.